The number of benzene rings is 1. The Morgan fingerprint density at radius 3 is 2.92 bits per heavy atom. The van der Waals surface area contributed by atoms with E-state index in [0.29, 0.717) is 17.7 Å². The van der Waals surface area contributed by atoms with Gasteiger partial charge in [0.05, 0.1) is 12.6 Å². The van der Waals surface area contributed by atoms with Crippen molar-refractivity contribution < 1.29 is 14.6 Å². The van der Waals surface area contributed by atoms with Crippen molar-refractivity contribution >= 4 is 5.91 Å². The number of nitrogens with one attached hydrogen (secondary N) is 1. The third-order valence-electron chi connectivity index (χ3n) is 4.17. The molecular formula is C19H22N2O3. The van der Waals surface area contributed by atoms with Gasteiger partial charge in [-0.05, 0) is 50.1 Å². The number of carbonyl (C=O) groups is 1. The topological polar surface area (TPSA) is 71.5 Å². The zero-order valence-corrected chi connectivity index (χ0v) is 14.2. The number of aryl methyl sites for hydroxylation is 1. The molecule has 0 unspecified atom stereocenters. The first kappa shape index (κ1) is 16.5. The van der Waals surface area contributed by atoms with Crippen LogP contribution in [0.25, 0.3) is 0 Å². The van der Waals surface area contributed by atoms with Crippen molar-refractivity contribution in [2.24, 2.45) is 0 Å². The number of carbonyl (C=O) groups excluding carboxylic acids is 1. The van der Waals surface area contributed by atoms with E-state index in [1.807, 2.05) is 39.0 Å². The fourth-order valence-corrected chi connectivity index (χ4v) is 3.02. The van der Waals surface area contributed by atoms with Crippen LogP contribution in [0.4, 0.5) is 0 Å². The highest BCUT2D eigenvalue weighted by molar-refractivity contribution is 5.92. The third kappa shape index (κ3) is 3.41. The normalized spacial score (nSPS) is 18.4. The number of rotatable bonds is 3. The van der Waals surface area contributed by atoms with Gasteiger partial charge in [0.25, 0.3) is 5.91 Å². The molecule has 3 rings (SSSR count). The van der Waals surface area contributed by atoms with Gasteiger partial charge in [-0.2, -0.15) is 0 Å². The first-order valence-electron chi connectivity index (χ1n) is 8.04. The smallest absolute Gasteiger partial charge is 0.270 e. The van der Waals surface area contributed by atoms with E-state index in [-0.39, 0.29) is 24.2 Å². The van der Waals surface area contributed by atoms with Crippen LogP contribution < -0.4 is 10.1 Å². The van der Waals surface area contributed by atoms with Crippen molar-refractivity contribution in [3.63, 3.8) is 0 Å². The summed E-state index contributed by atoms with van der Waals surface area (Å²) in [6.07, 6.45) is 2.21. The number of ether oxygens (including phenoxy) is 1. The van der Waals surface area contributed by atoms with E-state index in [4.69, 9.17) is 4.74 Å². The van der Waals surface area contributed by atoms with E-state index in [9.17, 15) is 9.90 Å². The predicted octanol–water partition coefficient (Wildman–Crippen LogP) is 2.91. The van der Waals surface area contributed by atoms with E-state index in [2.05, 4.69) is 10.3 Å². The van der Waals surface area contributed by atoms with Crippen LogP contribution in [-0.4, -0.2) is 21.6 Å². The zero-order chi connectivity index (χ0) is 17.3. The van der Waals surface area contributed by atoms with Gasteiger partial charge in [-0.25, -0.2) is 0 Å². The zero-order valence-electron chi connectivity index (χ0n) is 14.2. The number of amides is 1. The van der Waals surface area contributed by atoms with Gasteiger partial charge in [-0.15, -0.1) is 0 Å². The Morgan fingerprint density at radius 2 is 2.17 bits per heavy atom. The molecule has 5 heteroatoms. The highest BCUT2D eigenvalue weighted by Gasteiger charge is 2.34. The summed E-state index contributed by atoms with van der Waals surface area (Å²) in [4.78, 5) is 16.7. The van der Waals surface area contributed by atoms with Crippen molar-refractivity contribution in [1.82, 2.24) is 10.3 Å². The Bertz CT molecular complexity index is 771. The number of pyridine rings is 1. The molecule has 5 nitrogen and oxygen atoms in total. The molecule has 0 saturated carbocycles. The number of aliphatic hydroxyl groups excluding tert-OH is 1. The number of hydrogen-bond donors (Lipinski definition) is 2. The highest BCUT2D eigenvalue weighted by Crippen LogP contribution is 2.39. The molecule has 2 aromatic rings. The van der Waals surface area contributed by atoms with Crippen LogP contribution in [-0.2, 0) is 6.61 Å². The molecular weight excluding hydrogens is 304 g/mol. The summed E-state index contributed by atoms with van der Waals surface area (Å²) in [5.41, 5.74) is 2.71. The van der Waals surface area contributed by atoms with Crippen LogP contribution in [0.2, 0.25) is 0 Å². The van der Waals surface area contributed by atoms with Gasteiger partial charge in [0.1, 0.15) is 17.0 Å². The largest absolute Gasteiger partial charge is 0.487 e. The average molecular weight is 326 g/mol. The third-order valence-corrected chi connectivity index (χ3v) is 4.17. The van der Waals surface area contributed by atoms with Crippen LogP contribution in [0.3, 0.4) is 0 Å². The first-order chi connectivity index (χ1) is 11.4. The Balaban J connectivity index is 1.87. The van der Waals surface area contributed by atoms with E-state index >= 15 is 0 Å². The minimum absolute atomic E-state index is 0.116. The maximum Gasteiger partial charge on any atom is 0.270 e. The molecule has 126 valence electrons. The van der Waals surface area contributed by atoms with Gasteiger partial charge in [-0.3, -0.25) is 9.78 Å². The minimum Gasteiger partial charge on any atom is -0.487 e. The lowest BCUT2D eigenvalue weighted by atomic mass is 9.89. The second kappa shape index (κ2) is 6.24. The van der Waals surface area contributed by atoms with E-state index in [1.165, 1.54) is 6.20 Å². The Morgan fingerprint density at radius 1 is 1.38 bits per heavy atom. The standard InChI is InChI=1S/C19H22N2O3/c1-12-4-5-14-16(10-19(2,3)24-17(14)8-12)21-18(23)15-9-13(11-22)6-7-20-15/h4-9,16,22H,10-11H2,1-3H3,(H,21,23)/t16-/m0/s1. The summed E-state index contributed by atoms with van der Waals surface area (Å²) < 4.78 is 6.05. The lowest BCUT2D eigenvalue weighted by molar-refractivity contribution is 0.0617. The molecule has 1 atom stereocenters. The van der Waals surface area contributed by atoms with Gasteiger partial charge in [0.2, 0.25) is 0 Å². The maximum absolute atomic E-state index is 12.6. The molecule has 0 radical (unpaired) electrons. The van der Waals surface area contributed by atoms with Crippen LogP contribution in [0.15, 0.2) is 36.5 Å². The van der Waals surface area contributed by atoms with E-state index in [1.54, 1.807) is 12.1 Å². The van der Waals surface area contributed by atoms with Crippen LogP contribution in [0, 0.1) is 6.92 Å². The van der Waals surface area contributed by atoms with Gasteiger partial charge in [0.15, 0.2) is 0 Å². The van der Waals surface area contributed by atoms with Crippen molar-refractivity contribution in [3.8, 4) is 5.75 Å². The van der Waals surface area contributed by atoms with Crippen molar-refractivity contribution in [2.75, 3.05) is 0 Å². The molecule has 0 bridgehead atoms. The summed E-state index contributed by atoms with van der Waals surface area (Å²) in [6, 6.07) is 9.17. The fourth-order valence-electron chi connectivity index (χ4n) is 3.02. The number of aliphatic hydroxyl groups is 1. The fraction of sp³-hybridized carbons (Fsp3) is 0.368. The first-order valence-corrected chi connectivity index (χ1v) is 8.04. The van der Waals surface area contributed by atoms with Gasteiger partial charge in [-0.1, -0.05) is 12.1 Å². The summed E-state index contributed by atoms with van der Waals surface area (Å²) in [5.74, 6) is 0.563. The Hall–Kier alpha value is -2.40. The van der Waals surface area contributed by atoms with Crippen molar-refractivity contribution in [2.45, 2.75) is 45.4 Å². The van der Waals surface area contributed by atoms with E-state index < -0.39 is 0 Å². The molecule has 1 aliphatic rings. The molecule has 0 saturated heterocycles. The van der Waals surface area contributed by atoms with Crippen LogP contribution in [0.1, 0.15) is 53.5 Å². The summed E-state index contributed by atoms with van der Waals surface area (Å²) in [5, 5.41) is 12.3. The number of hydrogen-bond acceptors (Lipinski definition) is 4. The molecule has 0 spiro atoms. The summed E-state index contributed by atoms with van der Waals surface area (Å²) in [7, 11) is 0. The molecule has 2 heterocycles. The molecule has 1 aromatic heterocycles. The predicted molar refractivity (Wildman–Crippen MR) is 90.9 cm³/mol. The SMILES string of the molecule is Cc1ccc2c(c1)OC(C)(C)C[C@@H]2NC(=O)c1cc(CO)ccn1. The van der Waals surface area contributed by atoms with Gasteiger partial charge in [0, 0.05) is 18.2 Å². The lowest BCUT2D eigenvalue weighted by Gasteiger charge is -2.38. The molecule has 2 N–H and O–H groups in total. The summed E-state index contributed by atoms with van der Waals surface area (Å²) >= 11 is 0. The number of fused-ring (bicyclic) bond motifs is 1. The molecule has 24 heavy (non-hydrogen) atoms. The Labute approximate surface area is 141 Å². The van der Waals surface area contributed by atoms with Crippen molar-refractivity contribution in [3.05, 3.63) is 58.9 Å². The van der Waals surface area contributed by atoms with Crippen LogP contribution in [0.5, 0.6) is 5.75 Å². The van der Waals surface area contributed by atoms with Crippen LogP contribution >= 0.6 is 0 Å². The Kier molecular flexibility index (Phi) is 4.28. The van der Waals surface area contributed by atoms with Gasteiger partial charge < -0.3 is 15.2 Å². The molecule has 1 amide bonds. The van der Waals surface area contributed by atoms with Crippen molar-refractivity contribution in [1.29, 1.82) is 0 Å². The minimum atomic E-state index is -0.362. The summed E-state index contributed by atoms with van der Waals surface area (Å²) in [6.45, 7) is 5.93. The number of aromatic nitrogens is 1. The van der Waals surface area contributed by atoms with Gasteiger partial charge >= 0.3 is 0 Å². The molecule has 0 aliphatic carbocycles. The molecule has 0 fully saturated rings. The number of nitrogens with zero attached hydrogens (tertiary/aromatic N) is 1. The quantitative estimate of drug-likeness (QED) is 0.910. The van der Waals surface area contributed by atoms with E-state index in [0.717, 1.165) is 16.9 Å². The lowest BCUT2D eigenvalue weighted by Crippen LogP contribution is -2.41. The average Bonchev–Trinajstić information content (AvgIpc) is 2.53. The second-order valence-corrected chi connectivity index (χ2v) is 6.84. The second-order valence-electron chi connectivity index (χ2n) is 6.84. The maximum atomic E-state index is 12.6. The highest BCUT2D eigenvalue weighted by atomic mass is 16.5. The monoisotopic (exact) mass is 326 g/mol. The molecule has 1 aliphatic heterocycles. The molecule has 1 aromatic carbocycles.